The third-order valence-electron chi connectivity index (χ3n) is 4.02. The van der Waals surface area contributed by atoms with Gasteiger partial charge in [0, 0.05) is 36.9 Å². The van der Waals surface area contributed by atoms with Crippen molar-refractivity contribution in [1.29, 1.82) is 0 Å². The lowest BCUT2D eigenvalue weighted by Crippen LogP contribution is -2.41. The van der Waals surface area contributed by atoms with Crippen LogP contribution in [0.1, 0.15) is 18.4 Å². The van der Waals surface area contributed by atoms with Gasteiger partial charge < -0.3 is 15.2 Å². The molecule has 0 bridgehead atoms. The number of rotatable bonds is 4. The molecule has 21 heavy (non-hydrogen) atoms. The van der Waals surface area contributed by atoms with Crippen LogP contribution >= 0.6 is 12.4 Å². The third kappa shape index (κ3) is 3.19. The van der Waals surface area contributed by atoms with Crippen LogP contribution in [0.2, 0.25) is 0 Å². The number of halogens is 1. The first-order valence-electron chi connectivity index (χ1n) is 7.14. The fourth-order valence-corrected chi connectivity index (χ4v) is 3.04. The molecule has 3 heterocycles. The van der Waals surface area contributed by atoms with Gasteiger partial charge in [-0.3, -0.25) is 4.79 Å². The van der Waals surface area contributed by atoms with Crippen molar-refractivity contribution < 1.29 is 4.79 Å². The summed E-state index contributed by atoms with van der Waals surface area (Å²) in [4.78, 5) is 21.9. The fourth-order valence-electron chi connectivity index (χ4n) is 3.04. The molecule has 1 aliphatic heterocycles. The minimum absolute atomic E-state index is 0. The first-order chi connectivity index (χ1) is 9.79. The lowest BCUT2D eigenvalue weighted by molar-refractivity contribution is -0.131. The number of carbonyl (C=O) groups excluding carboxylic acids is 1. The maximum Gasteiger partial charge on any atom is 0.227 e. The zero-order valence-electron chi connectivity index (χ0n) is 12.1. The van der Waals surface area contributed by atoms with E-state index in [9.17, 15) is 4.79 Å². The molecule has 2 aromatic heterocycles. The normalized spacial score (nSPS) is 18.0. The third-order valence-corrected chi connectivity index (χ3v) is 4.02. The number of likely N-dealkylation sites (N-methyl/N-ethyl adjacent to an activating group) is 1. The monoisotopic (exact) mass is 308 g/mol. The maximum absolute atomic E-state index is 12.5. The molecule has 1 amide bonds. The molecule has 0 aromatic carbocycles. The van der Waals surface area contributed by atoms with Crippen molar-refractivity contribution in [3.63, 3.8) is 0 Å². The van der Waals surface area contributed by atoms with Gasteiger partial charge in [-0.05, 0) is 37.6 Å². The van der Waals surface area contributed by atoms with Crippen molar-refractivity contribution in [3.05, 3.63) is 30.1 Å². The standard InChI is InChI=1S/C15H20N4O.ClH/c1-16-10-12-4-3-7-19(12)14(20)8-11-9-18-15-13(11)5-2-6-17-15;/h2,5-6,9,12,16H,3-4,7-8,10H2,1H3,(H,17,18);1H. The average molecular weight is 309 g/mol. The van der Waals surface area contributed by atoms with Crippen LogP contribution in [0.5, 0.6) is 0 Å². The number of likely N-dealkylation sites (tertiary alicyclic amines) is 1. The number of pyridine rings is 1. The van der Waals surface area contributed by atoms with Gasteiger partial charge in [0.25, 0.3) is 0 Å². The van der Waals surface area contributed by atoms with Gasteiger partial charge in [0.05, 0.1) is 6.42 Å². The van der Waals surface area contributed by atoms with Crippen LogP contribution in [0.15, 0.2) is 24.5 Å². The van der Waals surface area contributed by atoms with E-state index in [0.29, 0.717) is 12.5 Å². The number of H-pyrrole nitrogens is 1. The van der Waals surface area contributed by atoms with Crippen LogP contribution in [-0.4, -0.2) is 47.0 Å². The summed E-state index contributed by atoms with van der Waals surface area (Å²) in [5.41, 5.74) is 1.89. The Balaban J connectivity index is 0.00000161. The summed E-state index contributed by atoms with van der Waals surface area (Å²) < 4.78 is 0. The summed E-state index contributed by atoms with van der Waals surface area (Å²) in [6.07, 6.45) is 6.31. The van der Waals surface area contributed by atoms with Gasteiger partial charge in [0.2, 0.25) is 5.91 Å². The number of fused-ring (bicyclic) bond motifs is 1. The maximum atomic E-state index is 12.5. The number of hydrogen-bond donors (Lipinski definition) is 2. The molecule has 0 aliphatic carbocycles. The van der Waals surface area contributed by atoms with Gasteiger partial charge in [-0.15, -0.1) is 12.4 Å². The molecule has 2 aromatic rings. The highest BCUT2D eigenvalue weighted by molar-refractivity contribution is 5.87. The van der Waals surface area contributed by atoms with Crippen LogP contribution in [-0.2, 0) is 11.2 Å². The lowest BCUT2D eigenvalue weighted by atomic mass is 10.1. The second kappa shape index (κ2) is 6.91. The Bertz CT molecular complexity index is 612. The zero-order valence-corrected chi connectivity index (χ0v) is 12.9. The summed E-state index contributed by atoms with van der Waals surface area (Å²) in [5, 5.41) is 4.22. The minimum atomic E-state index is 0. The predicted molar refractivity (Wildman–Crippen MR) is 85.7 cm³/mol. The second-order valence-corrected chi connectivity index (χ2v) is 5.33. The Morgan fingerprint density at radius 3 is 3.24 bits per heavy atom. The highest BCUT2D eigenvalue weighted by Crippen LogP contribution is 2.21. The molecular weight excluding hydrogens is 288 g/mol. The van der Waals surface area contributed by atoms with Gasteiger partial charge in [0.15, 0.2) is 0 Å². The fraction of sp³-hybridized carbons (Fsp3) is 0.467. The summed E-state index contributed by atoms with van der Waals surface area (Å²) in [6.45, 7) is 1.76. The molecule has 1 saturated heterocycles. The van der Waals surface area contributed by atoms with E-state index in [-0.39, 0.29) is 18.3 Å². The van der Waals surface area contributed by atoms with Crippen LogP contribution in [0.25, 0.3) is 11.0 Å². The first-order valence-corrected chi connectivity index (χ1v) is 7.14. The van der Waals surface area contributed by atoms with Crippen molar-refractivity contribution in [2.24, 2.45) is 0 Å². The number of aromatic amines is 1. The molecule has 3 rings (SSSR count). The Hall–Kier alpha value is -1.59. The van der Waals surface area contributed by atoms with Crippen molar-refractivity contribution >= 4 is 29.3 Å². The summed E-state index contributed by atoms with van der Waals surface area (Å²) in [6, 6.07) is 4.26. The van der Waals surface area contributed by atoms with Crippen molar-refractivity contribution in [3.8, 4) is 0 Å². The molecule has 1 unspecified atom stereocenters. The zero-order chi connectivity index (χ0) is 13.9. The van der Waals surface area contributed by atoms with E-state index in [1.807, 2.05) is 30.3 Å². The molecule has 0 radical (unpaired) electrons. The molecule has 114 valence electrons. The highest BCUT2D eigenvalue weighted by Gasteiger charge is 2.28. The van der Waals surface area contributed by atoms with Gasteiger partial charge in [-0.1, -0.05) is 0 Å². The molecule has 0 spiro atoms. The Labute approximate surface area is 130 Å². The Morgan fingerprint density at radius 2 is 2.43 bits per heavy atom. The molecule has 1 atom stereocenters. The summed E-state index contributed by atoms with van der Waals surface area (Å²) in [7, 11) is 1.94. The number of carbonyl (C=O) groups is 1. The van der Waals surface area contributed by atoms with Gasteiger partial charge in [-0.25, -0.2) is 4.98 Å². The van der Waals surface area contributed by atoms with Gasteiger partial charge >= 0.3 is 0 Å². The number of nitrogens with one attached hydrogen (secondary N) is 2. The van der Waals surface area contributed by atoms with E-state index in [2.05, 4.69) is 15.3 Å². The van der Waals surface area contributed by atoms with Gasteiger partial charge in [0.1, 0.15) is 5.65 Å². The lowest BCUT2D eigenvalue weighted by Gasteiger charge is -2.24. The molecule has 0 saturated carbocycles. The SMILES string of the molecule is CNCC1CCCN1C(=O)Cc1c[nH]c2ncccc12.Cl. The predicted octanol–water partition coefficient (Wildman–Crippen LogP) is 1.74. The molecule has 1 aliphatic rings. The summed E-state index contributed by atoms with van der Waals surface area (Å²) in [5.74, 6) is 0.215. The second-order valence-electron chi connectivity index (χ2n) is 5.33. The quantitative estimate of drug-likeness (QED) is 0.904. The van der Waals surface area contributed by atoms with Crippen molar-refractivity contribution in [2.75, 3.05) is 20.1 Å². The van der Waals surface area contributed by atoms with E-state index < -0.39 is 0 Å². The Morgan fingerprint density at radius 1 is 1.57 bits per heavy atom. The largest absolute Gasteiger partial charge is 0.346 e. The minimum Gasteiger partial charge on any atom is -0.346 e. The van der Waals surface area contributed by atoms with E-state index in [0.717, 1.165) is 42.5 Å². The van der Waals surface area contributed by atoms with E-state index in [1.165, 1.54) is 0 Å². The van der Waals surface area contributed by atoms with E-state index in [4.69, 9.17) is 0 Å². The average Bonchev–Trinajstić information content (AvgIpc) is 3.07. The highest BCUT2D eigenvalue weighted by atomic mass is 35.5. The molecule has 1 fully saturated rings. The van der Waals surface area contributed by atoms with Crippen LogP contribution in [0, 0.1) is 0 Å². The topological polar surface area (TPSA) is 61.0 Å². The van der Waals surface area contributed by atoms with Crippen molar-refractivity contribution in [2.45, 2.75) is 25.3 Å². The number of hydrogen-bond acceptors (Lipinski definition) is 3. The van der Waals surface area contributed by atoms with E-state index in [1.54, 1.807) is 6.20 Å². The molecule has 2 N–H and O–H groups in total. The van der Waals surface area contributed by atoms with Gasteiger partial charge in [-0.2, -0.15) is 0 Å². The molecular formula is C15H21ClN4O. The number of nitrogens with zero attached hydrogens (tertiary/aromatic N) is 2. The van der Waals surface area contributed by atoms with Crippen LogP contribution in [0.4, 0.5) is 0 Å². The molecule has 6 heteroatoms. The summed E-state index contributed by atoms with van der Waals surface area (Å²) >= 11 is 0. The van der Waals surface area contributed by atoms with Crippen LogP contribution in [0.3, 0.4) is 0 Å². The first kappa shape index (κ1) is 15.8. The number of aromatic nitrogens is 2. The van der Waals surface area contributed by atoms with Crippen LogP contribution < -0.4 is 5.32 Å². The molecule has 5 nitrogen and oxygen atoms in total. The number of amides is 1. The van der Waals surface area contributed by atoms with E-state index >= 15 is 0 Å². The smallest absolute Gasteiger partial charge is 0.227 e. The Kier molecular flexibility index (Phi) is 5.20. The van der Waals surface area contributed by atoms with Crippen molar-refractivity contribution in [1.82, 2.24) is 20.2 Å².